The number of anilines is 1. The average molecular weight is 604 g/mol. The number of nitrogens with zero attached hydrogens (tertiary/aromatic N) is 1. The van der Waals surface area contributed by atoms with Gasteiger partial charge in [-0.25, -0.2) is 9.78 Å². The third-order valence-corrected chi connectivity index (χ3v) is 8.23. The Morgan fingerprint density at radius 2 is 1.58 bits per heavy atom. The third kappa shape index (κ3) is 7.22. The van der Waals surface area contributed by atoms with Crippen molar-refractivity contribution in [3.8, 4) is 0 Å². The largest absolute Gasteiger partial charge is 0.453 e. The number of hydrogen-bond donors (Lipinski definition) is 4. The lowest BCUT2D eigenvalue weighted by Crippen LogP contribution is -2.48. The molecule has 0 saturated carbocycles. The zero-order valence-corrected chi connectivity index (χ0v) is 25.1. The molecule has 6 rings (SSSR count). The van der Waals surface area contributed by atoms with Crippen molar-refractivity contribution in [2.24, 2.45) is 0 Å². The van der Waals surface area contributed by atoms with Crippen LogP contribution in [0.1, 0.15) is 40.9 Å². The SMILES string of the molecule is COC(=O)N[C@H](C(=O)Nc1ccccc1CC[C@@H]1CN[C@H](c2nc3ccccc3[nH]2)CO1)C(c1ccccc1)c1ccccc1. The van der Waals surface area contributed by atoms with Crippen LogP contribution in [-0.2, 0) is 20.7 Å². The number of carbonyl (C=O) groups excluding carboxylic acids is 2. The maximum atomic E-state index is 14.0. The summed E-state index contributed by atoms with van der Waals surface area (Å²) in [6.45, 7) is 1.21. The molecule has 0 spiro atoms. The highest BCUT2D eigenvalue weighted by Gasteiger charge is 2.33. The molecule has 0 radical (unpaired) electrons. The van der Waals surface area contributed by atoms with Gasteiger partial charge in [-0.2, -0.15) is 0 Å². The number of morpholine rings is 1. The van der Waals surface area contributed by atoms with Crippen molar-refractivity contribution in [2.75, 3.05) is 25.6 Å². The van der Waals surface area contributed by atoms with Crippen LogP contribution in [0.2, 0.25) is 0 Å². The summed E-state index contributed by atoms with van der Waals surface area (Å²) in [7, 11) is 1.29. The van der Waals surface area contributed by atoms with Gasteiger partial charge >= 0.3 is 6.09 Å². The van der Waals surface area contributed by atoms with Crippen molar-refractivity contribution in [1.29, 1.82) is 0 Å². The van der Waals surface area contributed by atoms with E-state index in [1.807, 2.05) is 109 Å². The minimum atomic E-state index is -0.934. The zero-order valence-electron chi connectivity index (χ0n) is 25.1. The van der Waals surface area contributed by atoms with Crippen LogP contribution in [-0.4, -0.2) is 54.4 Å². The molecular weight excluding hydrogens is 566 g/mol. The number of amides is 2. The fourth-order valence-electron chi connectivity index (χ4n) is 5.89. The average Bonchev–Trinajstić information content (AvgIpc) is 3.53. The Bertz CT molecular complexity index is 1650. The lowest BCUT2D eigenvalue weighted by Gasteiger charge is -2.30. The number of nitrogens with one attached hydrogen (secondary N) is 4. The van der Waals surface area contributed by atoms with Gasteiger partial charge in [0.2, 0.25) is 5.91 Å². The molecule has 9 nitrogen and oxygen atoms in total. The van der Waals surface area contributed by atoms with Crippen molar-refractivity contribution in [2.45, 2.75) is 36.9 Å². The summed E-state index contributed by atoms with van der Waals surface area (Å²) in [5.41, 5.74) is 5.44. The standard InChI is InChI=1S/C36H37N5O4/c1-44-36(43)41-33(32(25-13-4-2-5-14-25)26-15-6-3-7-16-26)35(42)40-28-17-9-8-12-24(28)20-21-27-22-37-31(23-45-27)34-38-29-18-10-11-19-30(29)39-34/h2-19,27,31-33,37H,20-23H2,1H3,(H,38,39)(H,40,42)(H,41,43)/t27-,31+,33+/m1/s1. The number of aromatic amines is 1. The fraction of sp³-hybridized carbons (Fsp3) is 0.250. The topological polar surface area (TPSA) is 117 Å². The molecule has 2 amide bonds. The lowest BCUT2D eigenvalue weighted by molar-refractivity contribution is -0.118. The zero-order chi connectivity index (χ0) is 31.0. The van der Waals surface area contributed by atoms with Crippen LogP contribution in [0.15, 0.2) is 109 Å². The minimum Gasteiger partial charge on any atom is -0.453 e. The molecule has 4 N–H and O–H groups in total. The molecule has 0 unspecified atom stereocenters. The van der Waals surface area contributed by atoms with Gasteiger partial charge in [-0.15, -0.1) is 0 Å². The first-order valence-corrected chi connectivity index (χ1v) is 15.2. The first kappa shape index (κ1) is 30.1. The van der Waals surface area contributed by atoms with Crippen LogP contribution >= 0.6 is 0 Å². The Labute approximate surface area is 262 Å². The van der Waals surface area contributed by atoms with Crippen LogP contribution in [0.4, 0.5) is 10.5 Å². The predicted octanol–water partition coefficient (Wildman–Crippen LogP) is 5.72. The fourth-order valence-corrected chi connectivity index (χ4v) is 5.89. The van der Waals surface area contributed by atoms with E-state index >= 15 is 0 Å². The molecule has 4 aromatic carbocycles. The Kier molecular flexibility index (Phi) is 9.48. The van der Waals surface area contributed by atoms with Gasteiger partial charge < -0.3 is 30.4 Å². The van der Waals surface area contributed by atoms with Crippen LogP contribution in [0.5, 0.6) is 0 Å². The lowest BCUT2D eigenvalue weighted by atomic mass is 9.84. The number of para-hydroxylation sites is 3. The van der Waals surface area contributed by atoms with Gasteiger partial charge in [-0.1, -0.05) is 91.0 Å². The van der Waals surface area contributed by atoms with Crippen LogP contribution in [0.25, 0.3) is 11.0 Å². The van der Waals surface area contributed by atoms with Gasteiger partial charge in [0, 0.05) is 18.2 Å². The van der Waals surface area contributed by atoms with Gasteiger partial charge in [0.15, 0.2) is 0 Å². The van der Waals surface area contributed by atoms with E-state index < -0.39 is 18.1 Å². The maximum Gasteiger partial charge on any atom is 0.407 e. The molecule has 0 aliphatic carbocycles. The number of fused-ring (bicyclic) bond motifs is 1. The Morgan fingerprint density at radius 3 is 2.24 bits per heavy atom. The summed E-state index contributed by atoms with van der Waals surface area (Å²) in [5.74, 6) is 0.0945. The molecule has 1 saturated heterocycles. The van der Waals surface area contributed by atoms with E-state index in [1.54, 1.807) is 0 Å². The normalized spacial score (nSPS) is 17.1. The minimum absolute atomic E-state index is 0.00152. The second-order valence-corrected chi connectivity index (χ2v) is 11.2. The molecule has 1 fully saturated rings. The number of hydrogen-bond acceptors (Lipinski definition) is 6. The van der Waals surface area contributed by atoms with Gasteiger partial charge in [0.1, 0.15) is 11.9 Å². The summed E-state index contributed by atoms with van der Waals surface area (Å²) in [5, 5.41) is 9.49. The Morgan fingerprint density at radius 1 is 0.911 bits per heavy atom. The van der Waals surface area contributed by atoms with E-state index in [0.717, 1.165) is 40.0 Å². The first-order chi connectivity index (χ1) is 22.1. The second-order valence-electron chi connectivity index (χ2n) is 11.2. The van der Waals surface area contributed by atoms with Crippen molar-refractivity contribution in [3.05, 3.63) is 132 Å². The number of imidazole rings is 1. The van der Waals surface area contributed by atoms with Crippen LogP contribution in [0, 0.1) is 0 Å². The molecular formula is C36H37N5O4. The number of rotatable bonds is 10. The summed E-state index contributed by atoms with van der Waals surface area (Å²) in [6.07, 6.45) is 0.813. The summed E-state index contributed by atoms with van der Waals surface area (Å²) < 4.78 is 11.2. The third-order valence-electron chi connectivity index (χ3n) is 8.23. The molecule has 2 heterocycles. The number of methoxy groups -OCH3 is 1. The monoisotopic (exact) mass is 603 g/mol. The molecule has 9 heteroatoms. The molecule has 1 aromatic heterocycles. The summed E-state index contributed by atoms with van der Waals surface area (Å²) >= 11 is 0. The summed E-state index contributed by atoms with van der Waals surface area (Å²) in [4.78, 5) is 34.6. The quantitative estimate of drug-likeness (QED) is 0.162. The molecule has 1 aliphatic heterocycles. The Hall–Kier alpha value is -4.99. The second kappa shape index (κ2) is 14.2. The van der Waals surface area contributed by atoms with E-state index in [9.17, 15) is 9.59 Å². The van der Waals surface area contributed by atoms with Gasteiger partial charge in [-0.05, 0) is 47.7 Å². The number of benzene rings is 4. The highest BCUT2D eigenvalue weighted by Crippen LogP contribution is 2.30. The van der Waals surface area contributed by atoms with Crippen molar-refractivity contribution >= 4 is 28.7 Å². The molecule has 0 bridgehead atoms. The highest BCUT2D eigenvalue weighted by molar-refractivity contribution is 5.98. The molecule has 230 valence electrons. The Balaban J connectivity index is 1.14. The van der Waals surface area contributed by atoms with E-state index in [1.165, 1.54) is 7.11 Å². The molecule has 3 atom stereocenters. The van der Waals surface area contributed by atoms with E-state index in [0.29, 0.717) is 25.3 Å². The van der Waals surface area contributed by atoms with Crippen molar-refractivity contribution in [1.82, 2.24) is 20.6 Å². The van der Waals surface area contributed by atoms with Gasteiger partial charge in [-0.3, -0.25) is 4.79 Å². The van der Waals surface area contributed by atoms with E-state index in [4.69, 9.17) is 14.5 Å². The number of aryl methyl sites for hydroxylation is 1. The van der Waals surface area contributed by atoms with Crippen LogP contribution in [0.3, 0.4) is 0 Å². The van der Waals surface area contributed by atoms with Gasteiger partial charge in [0.05, 0.1) is 36.9 Å². The number of aromatic nitrogens is 2. The molecule has 45 heavy (non-hydrogen) atoms. The van der Waals surface area contributed by atoms with E-state index in [2.05, 4.69) is 20.9 Å². The highest BCUT2D eigenvalue weighted by atomic mass is 16.5. The van der Waals surface area contributed by atoms with Crippen molar-refractivity contribution < 1.29 is 19.1 Å². The number of alkyl carbamates (subject to hydrolysis) is 1. The van der Waals surface area contributed by atoms with Crippen LogP contribution < -0.4 is 16.0 Å². The molecule has 5 aromatic rings. The molecule has 1 aliphatic rings. The predicted molar refractivity (Wildman–Crippen MR) is 174 cm³/mol. The van der Waals surface area contributed by atoms with E-state index in [-0.39, 0.29) is 18.1 Å². The van der Waals surface area contributed by atoms with Crippen molar-refractivity contribution in [3.63, 3.8) is 0 Å². The smallest absolute Gasteiger partial charge is 0.407 e. The van der Waals surface area contributed by atoms with Gasteiger partial charge in [0.25, 0.3) is 0 Å². The summed E-state index contributed by atoms with van der Waals surface area (Å²) in [6, 6.07) is 34.2. The number of H-pyrrole nitrogens is 1. The first-order valence-electron chi connectivity index (χ1n) is 15.2. The number of ether oxygens (including phenoxy) is 2. The number of carbonyl (C=O) groups is 2. The maximum absolute atomic E-state index is 14.0.